The van der Waals surface area contributed by atoms with Crippen LogP contribution in [0.5, 0.6) is 0 Å². The molecule has 0 fully saturated rings. The molecule has 0 atom stereocenters. The average Bonchev–Trinajstić information content (AvgIpc) is 3.78. The van der Waals surface area contributed by atoms with Gasteiger partial charge in [0.15, 0.2) is 0 Å². The lowest BCUT2D eigenvalue weighted by Crippen LogP contribution is -2.10. The van der Waals surface area contributed by atoms with Gasteiger partial charge in [-0.05, 0) is 88.0 Å². The number of hydrogen-bond acceptors (Lipinski definition) is 3. The molecule has 10 aromatic rings. The molecular weight excluding hydrogens is 639 g/mol. The summed E-state index contributed by atoms with van der Waals surface area (Å²) in [6, 6.07) is 67.3. The molecule has 0 radical (unpaired) electrons. The number of para-hydroxylation sites is 1. The SMILES string of the molecule is c1ccc(-c2ccc(N(c3ccc(-c4ccccc4)cc3)c3cccc(-c4cccc5c4sc4c5ccc5oc6ccccc6c54)c3)cc2)cc1. The van der Waals surface area contributed by atoms with E-state index in [4.69, 9.17) is 4.42 Å². The van der Waals surface area contributed by atoms with Crippen LogP contribution < -0.4 is 4.90 Å². The summed E-state index contributed by atoms with van der Waals surface area (Å²) in [4.78, 5) is 2.36. The molecule has 0 saturated heterocycles. The Balaban J connectivity index is 1.11. The van der Waals surface area contributed by atoms with Gasteiger partial charge in [-0.3, -0.25) is 0 Å². The first-order chi connectivity index (χ1) is 25.3. The number of furan rings is 1. The highest BCUT2D eigenvalue weighted by atomic mass is 32.1. The van der Waals surface area contributed by atoms with Crippen LogP contribution in [0.25, 0.3) is 75.5 Å². The quantitative estimate of drug-likeness (QED) is 0.175. The Morgan fingerprint density at radius 2 is 0.902 bits per heavy atom. The molecule has 3 heteroatoms. The van der Waals surface area contributed by atoms with Gasteiger partial charge in [0.25, 0.3) is 0 Å². The minimum absolute atomic E-state index is 0.930. The summed E-state index contributed by atoms with van der Waals surface area (Å²) in [5.41, 5.74) is 12.4. The predicted octanol–water partition coefficient (Wildman–Crippen LogP) is 14.4. The first-order valence-corrected chi connectivity index (χ1v) is 18.1. The molecule has 2 aromatic heterocycles. The van der Waals surface area contributed by atoms with E-state index >= 15 is 0 Å². The van der Waals surface area contributed by atoms with Crippen molar-refractivity contribution in [2.24, 2.45) is 0 Å². The molecule has 0 N–H and O–H groups in total. The van der Waals surface area contributed by atoms with Crippen molar-refractivity contribution in [3.63, 3.8) is 0 Å². The summed E-state index contributed by atoms with van der Waals surface area (Å²) in [7, 11) is 0. The Hall–Kier alpha value is -6.42. The van der Waals surface area contributed by atoms with Gasteiger partial charge in [0.2, 0.25) is 0 Å². The maximum Gasteiger partial charge on any atom is 0.136 e. The molecule has 10 rings (SSSR count). The van der Waals surface area contributed by atoms with Gasteiger partial charge in [-0.2, -0.15) is 0 Å². The molecule has 0 bridgehead atoms. The van der Waals surface area contributed by atoms with E-state index in [0.717, 1.165) is 28.2 Å². The highest BCUT2D eigenvalue weighted by Gasteiger charge is 2.18. The van der Waals surface area contributed by atoms with Gasteiger partial charge >= 0.3 is 0 Å². The summed E-state index contributed by atoms with van der Waals surface area (Å²) in [5.74, 6) is 0. The Kier molecular flexibility index (Phi) is 7.04. The third-order valence-corrected chi connectivity index (χ3v) is 11.2. The van der Waals surface area contributed by atoms with E-state index in [1.54, 1.807) is 0 Å². The molecule has 0 saturated carbocycles. The lowest BCUT2D eigenvalue weighted by molar-refractivity contribution is 0.669. The van der Waals surface area contributed by atoms with Gasteiger partial charge in [0.1, 0.15) is 11.2 Å². The molecule has 0 spiro atoms. The maximum absolute atomic E-state index is 6.26. The third kappa shape index (κ3) is 5.10. The number of anilines is 3. The van der Waals surface area contributed by atoms with Crippen molar-refractivity contribution in [2.75, 3.05) is 4.90 Å². The third-order valence-electron chi connectivity index (χ3n) is 9.89. The molecule has 51 heavy (non-hydrogen) atoms. The zero-order valence-electron chi connectivity index (χ0n) is 27.7. The minimum atomic E-state index is 0.930. The van der Waals surface area contributed by atoms with Crippen LogP contribution in [0.4, 0.5) is 17.1 Å². The minimum Gasteiger partial charge on any atom is -0.456 e. The van der Waals surface area contributed by atoms with Crippen LogP contribution in [-0.4, -0.2) is 0 Å². The monoisotopic (exact) mass is 669 g/mol. The Morgan fingerprint density at radius 1 is 0.353 bits per heavy atom. The number of hydrogen-bond donors (Lipinski definition) is 0. The van der Waals surface area contributed by atoms with Crippen LogP contribution in [0.15, 0.2) is 192 Å². The number of benzene rings is 8. The zero-order chi connectivity index (χ0) is 33.7. The second kappa shape index (κ2) is 12.2. The molecule has 2 heterocycles. The van der Waals surface area contributed by atoms with Crippen molar-refractivity contribution >= 4 is 70.5 Å². The molecule has 8 aromatic carbocycles. The summed E-state index contributed by atoms with van der Waals surface area (Å²) >= 11 is 1.86. The largest absolute Gasteiger partial charge is 0.456 e. The molecule has 0 aliphatic carbocycles. The molecular formula is C48H31NOS. The number of thiophene rings is 1. The van der Waals surface area contributed by atoms with Gasteiger partial charge in [-0.25, -0.2) is 0 Å². The summed E-state index contributed by atoms with van der Waals surface area (Å²) in [6.45, 7) is 0. The van der Waals surface area contributed by atoms with E-state index in [0.29, 0.717) is 0 Å². The lowest BCUT2D eigenvalue weighted by Gasteiger charge is -2.26. The molecule has 240 valence electrons. The van der Waals surface area contributed by atoms with Crippen molar-refractivity contribution in [1.29, 1.82) is 0 Å². The van der Waals surface area contributed by atoms with E-state index in [9.17, 15) is 0 Å². The molecule has 0 amide bonds. The number of nitrogens with zero attached hydrogens (tertiary/aromatic N) is 1. The topological polar surface area (TPSA) is 16.4 Å². The molecule has 0 unspecified atom stereocenters. The number of rotatable bonds is 6. The predicted molar refractivity (Wildman–Crippen MR) is 218 cm³/mol. The van der Waals surface area contributed by atoms with Crippen LogP contribution in [-0.2, 0) is 0 Å². The maximum atomic E-state index is 6.26. The van der Waals surface area contributed by atoms with Gasteiger partial charge in [-0.1, -0.05) is 133 Å². The Labute approximate surface area is 300 Å². The van der Waals surface area contributed by atoms with Crippen LogP contribution >= 0.6 is 11.3 Å². The first kappa shape index (κ1) is 29.5. The van der Waals surface area contributed by atoms with Gasteiger partial charge in [0, 0.05) is 48.0 Å². The second-order valence-electron chi connectivity index (χ2n) is 12.9. The zero-order valence-corrected chi connectivity index (χ0v) is 28.5. The number of fused-ring (bicyclic) bond motifs is 7. The van der Waals surface area contributed by atoms with E-state index < -0.39 is 0 Å². The summed E-state index contributed by atoms with van der Waals surface area (Å²) < 4.78 is 8.82. The van der Waals surface area contributed by atoms with Gasteiger partial charge in [-0.15, -0.1) is 11.3 Å². The van der Waals surface area contributed by atoms with Crippen LogP contribution in [0.3, 0.4) is 0 Å². The second-order valence-corrected chi connectivity index (χ2v) is 13.9. The van der Waals surface area contributed by atoms with E-state index in [1.807, 2.05) is 17.4 Å². The van der Waals surface area contributed by atoms with E-state index in [2.05, 4.69) is 187 Å². The Morgan fingerprint density at radius 3 is 1.59 bits per heavy atom. The van der Waals surface area contributed by atoms with E-state index in [1.165, 1.54) is 64.3 Å². The highest BCUT2D eigenvalue weighted by Crippen LogP contribution is 2.46. The van der Waals surface area contributed by atoms with Crippen LogP contribution in [0.2, 0.25) is 0 Å². The van der Waals surface area contributed by atoms with Gasteiger partial charge < -0.3 is 9.32 Å². The molecule has 2 nitrogen and oxygen atoms in total. The fourth-order valence-electron chi connectivity index (χ4n) is 7.42. The van der Waals surface area contributed by atoms with Crippen molar-refractivity contribution in [3.8, 4) is 33.4 Å². The smallest absolute Gasteiger partial charge is 0.136 e. The highest BCUT2D eigenvalue weighted by molar-refractivity contribution is 7.27. The Bertz CT molecular complexity index is 2750. The fraction of sp³-hybridized carbons (Fsp3) is 0. The summed E-state index contributed by atoms with van der Waals surface area (Å²) in [6.07, 6.45) is 0. The normalized spacial score (nSPS) is 11.5. The fourth-order valence-corrected chi connectivity index (χ4v) is 8.81. The first-order valence-electron chi connectivity index (χ1n) is 17.3. The van der Waals surface area contributed by atoms with Gasteiger partial charge in [0.05, 0.1) is 0 Å². The van der Waals surface area contributed by atoms with Crippen LogP contribution in [0.1, 0.15) is 0 Å². The van der Waals surface area contributed by atoms with Crippen molar-refractivity contribution in [1.82, 2.24) is 0 Å². The van der Waals surface area contributed by atoms with E-state index in [-0.39, 0.29) is 0 Å². The standard InChI is InChI=1S/C48H31NOS/c1-3-11-32(12-4-1)34-21-25-37(26-22-34)49(38-27-23-35(24-28-38)33-13-5-2-6-14-33)39-16-9-15-36(31-39)40-18-10-19-41-42-29-30-45-46(48(42)51-47(40)41)43-17-7-8-20-44(43)50-45/h1-31H. The van der Waals surface area contributed by atoms with Crippen molar-refractivity contribution in [2.45, 2.75) is 0 Å². The van der Waals surface area contributed by atoms with Crippen molar-refractivity contribution < 1.29 is 4.42 Å². The lowest BCUT2D eigenvalue weighted by atomic mass is 10.0. The molecule has 0 aliphatic rings. The average molecular weight is 670 g/mol. The summed E-state index contributed by atoms with van der Waals surface area (Å²) in [5, 5.41) is 4.91. The van der Waals surface area contributed by atoms with Crippen molar-refractivity contribution in [3.05, 3.63) is 188 Å². The van der Waals surface area contributed by atoms with Crippen LogP contribution in [0, 0.1) is 0 Å². The molecule has 0 aliphatic heterocycles.